The van der Waals surface area contributed by atoms with Crippen LogP contribution in [0.4, 0.5) is 4.39 Å². The minimum absolute atomic E-state index is 0.0528. The number of nitrogens with zero attached hydrogens (tertiary/aromatic N) is 5. The van der Waals surface area contributed by atoms with Crippen molar-refractivity contribution in [1.82, 2.24) is 24.1 Å². The van der Waals surface area contributed by atoms with Crippen LogP contribution in [0.25, 0.3) is 15.2 Å². The normalized spacial score (nSPS) is 12.6. The molecule has 3 aromatic heterocycles. The Morgan fingerprint density at radius 1 is 1.11 bits per heavy atom. The molecule has 0 saturated carbocycles. The predicted molar refractivity (Wildman–Crippen MR) is 159 cm³/mol. The van der Waals surface area contributed by atoms with Crippen molar-refractivity contribution in [2.45, 2.75) is 39.1 Å². The van der Waals surface area contributed by atoms with Gasteiger partial charge in [0.2, 0.25) is 0 Å². The lowest BCUT2D eigenvalue weighted by Crippen LogP contribution is -2.44. The van der Waals surface area contributed by atoms with E-state index in [1.54, 1.807) is 31.2 Å². The van der Waals surface area contributed by atoms with E-state index >= 15 is 0 Å². The standard InChI is InChI=1S/C30H28FN5O7S/c1-18-25-26(38)35(19(2)29(39)43-17-20-7-5-4-6-8-20)30(40)34(28(25)44-27(18)36-32-11-12-33-36)16-24(42-14-13-37)22-15-21(31)9-10-23(22)41-3/h4-13,15,19,24H,14,16-17H2,1-3H3/t19?,24-/m0/s1. The third-order valence-electron chi connectivity index (χ3n) is 7.02. The van der Waals surface area contributed by atoms with Crippen LogP contribution in [0.15, 0.2) is 70.5 Å². The first kappa shape index (κ1) is 30.5. The number of esters is 1. The molecule has 0 bridgehead atoms. The van der Waals surface area contributed by atoms with Crippen LogP contribution >= 0.6 is 11.3 Å². The third kappa shape index (κ3) is 5.94. The van der Waals surface area contributed by atoms with E-state index in [0.29, 0.717) is 16.9 Å². The number of carbonyl (C=O) groups excluding carboxylic acids is 2. The fourth-order valence-corrected chi connectivity index (χ4v) is 6.06. The van der Waals surface area contributed by atoms with Gasteiger partial charge in [-0.2, -0.15) is 10.2 Å². The van der Waals surface area contributed by atoms with Crippen LogP contribution < -0.4 is 16.0 Å². The van der Waals surface area contributed by atoms with Crippen molar-refractivity contribution < 1.29 is 28.2 Å². The Labute approximate surface area is 253 Å². The Balaban J connectivity index is 1.67. The second-order valence-electron chi connectivity index (χ2n) is 9.74. The first-order valence-electron chi connectivity index (χ1n) is 13.5. The molecule has 44 heavy (non-hydrogen) atoms. The molecule has 0 saturated heterocycles. The molecule has 0 aliphatic heterocycles. The summed E-state index contributed by atoms with van der Waals surface area (Å²) in [6.45, 7) is 2.41. The Bertz CT molecular complexity index is 1920. The van der Waals surface area contributed by atoms with Gasteiger partial charge in [0, 0.05) is 11.1 Å². The molecule has 2 aromatic carbocycles. The number of rotatable bonds is 12. The molecule has 0 amide bonds. The van der Waals surface area contributed by atoms with E-state index in [9.17, 15) is 23.6 Å². The zero-order valence-corrected chi connectivity index (χ0v) is 24.8. The highest BCUT2D eigenvalue weighted by atomic mass is 32.1. The summed E-state index contributed by atoms with van der Waals surface area (Å²) < 4.78 is 33.1. The van der Waals surface area contributed by atoms with Gasteiger partial charge in [0.15, 0.2) is 0 Å². The number of hydrogen-bond donors (Lipinski definition) is 0. The maximum Gasteiger partial charge on any atom is 0.333 e. The summed E-state index contributed by atoms with van der Waals surface area (Å²) in [6.07, 6.45) is 2.41. The van der Waals surface area contributed by atoms with E-state index in [-0.39, 0.29) is 41.3 Å². The van der Waals surface area contributed by atoms with Gasteiger partial charge in [-0.15, -0.1) is 4.80 Å². The summed E-state index contributed by atoms with van der Waals surface area (Å²) in [6, 6.07) is 11.5. The average molecular weight is 622 g/mol. The van der Waals surface area contributed by atoms with Crippen LogP contribution in [0.5, 0.6) is 5.75 Å². The number of carbonyl (C=O) groups is 2. The fraction of sp³-hybridized carbons (Fsp3) is 0.267. The molecule has 0 spiro atoms. The van der Waals surface area contributed by atoms with E-state index in [4.69, 9.17) is 14.2 Å². The maximum atomic E-state index is 14.4. The highest BCUT2D eigenvalue weighted by molar-refractivity contribution is 7.21. The number of fused-ring (bicyclic) bond motifs is 1. The number of aryl methyl sites for hydroxylation is 1. The first-order chi connectivity index (χ1) is 21.2. The first-order valence-corrected chi connectivity index (χ1v) is 14.3. The molecule has 0 aliphatic rings. The molecule has 0 N–H and O–H groups in total. The minimum atomic E-state index is -1.31. The van der Waals surface area contributed by atoms with Crippen molar-refractivity contribution >= 4 is 33.8 Å². The minimum Gasteiger partial charge on any atom is -0.496 e. The number of hydrogen-bond acceptors (Lipinski definition) is 10. The highest BCUT2D eigenvalue weighted by Gasteiger charge is 2.29. The molecule has 14 heteroatoms. The van der Waals surface area contributed by atoms with Crippen molar-refractivity contribution in [3.05, 3.63) is 104 Å². The number of thiophene rings is 1. The lowest BCUT2D eigenvalue weighted by Gasteiger charge is -2.22. The van der Waals surface area contributed by atoms with Gasteiger partial charge in [-0.1, -0.05) is 41.7 Å². The van der Waals surface area contributed by atoms with Crippen LogP contribution in [0.2, 0.25) is 0 Å². The molecule has 228 valence electrons. The molecule has 5 rings (SSSR count). The molecule has 0 radical (unpaired) electrons. The SMILES string of the molecule is COc1ccc(F)cc1[C@H](Cn1c(=O)n(C(C)C(=O)OCc2ccccc2)c(=O)c2c(C)c(-n3nccn3)sc21)OCC=O. The molecular weight excluding hydrogens is 593 g/mol. The van der Waals surface area contributed by atoms with E-state index < -0.39 is 35.2 Å². The van der Waals surface area contributed by atoms with Gasteiger partial charge in [0.1, 0.15) is 53.0 Å². The number of aldehydes is 1. The Morgan fingerprint density at radius 2 is 1.84 bits per heavy atom. The highest BCUT2D eigenvalue weighted by Crippen LogP contribution is 2.34. The van der Waals surface area contributed by atoms with Gasteiger partial charge in [-0.3, -0.25) is 9.36 Å². The number of halogens is 1. The molecule has 1 unspecified atom stereocenters. The molecule has 2 atom stereocenters. The van der Waals surface area contributed by atoms with Gasteiger partial charge in [0.25, 0.3) is 5.56 Å². The average Bonchev–Trinajstić information content (AvgIpc) is 3.68. The van der Waals surface area contributed by atoms with Crippen LogP contribution in [0.1, 0.15) is 35.8 Å². The van der Waals surface area contributed by atoms with E-state index in [1.165, 1.54) is 54.0 Å². The van der Waals surface area contributed by atoms with Gasteiger partial charge >= 0.3 is 11.7 Å². The monoisotopic (exact) mass is 621 g/mol. The maximum absolute atomic E-state index is 14.4. The van der Waals surface area contributed by atoms with Crippen molar-refractivity contribution in [3.63, 3.8) is 0 Å². The van der Waals surface area contributed by atoms with Crippen LogP contribution in [-0.2, 0) is 32.2 Å². The van der Waals surface area contributed by atoms with Crippen molar-refractivity contribution in [2.75, 3.05) is 13.7 Å². The largest absolute Gasteiger partial charge is 0.496 e. The third-order valence-corrected chi connectivity index (χ3v) is 8.30. The summed E-state index contributed by atoms with van der Waals surface area (Å²) in [5, 5.41) is 8.97. The van der Waals surface area contributed by atoms with E-state index in [1.807, 2.05) is 6.07 Å². The van der Waals surface area contributed by atoms with Gasteiger partial charge in [-0.05, 0) is 37.6 Å². The van der Waals surface area contributed by atoms with Crippen molar-refractivity contribution in [2.24, 2.45) is 0 Å². The lowest BCUT2D eigenvalue weighted by atomic mass is 10.1. The summed E-state index contributed by atoms with van der Waals surface area (Å²) in [4.78, 5) is 54.1. The fourth-order valence-electron chi connectivity index (χ4n) is 4.84. The van der Waals surface area contributed by atoms with Crippen LogP contribution in [0, 0.1) is 12.7 Å². The lowest BCUT2D eigenvalue weighted by molar-refractivity contribution is -0.148. The summed E-state index contributed by atoms with van der Waals surface area (Å²) in [7, 11) is 1.40. The van der Waals surface area contributed by atoms with Crippen molar-refractivity contribution in [3.8, 4) is 10.8 Å². The Hall–Kier alpha value is -4.95. The predicted octanol–water partition coefficient (Wildman–Crippen LogP) is 3.52. The summed E-state index contributed by atoms with van der Waals surface area (Å²) >= 11 is 1.09. The number of ether oxygens (including phenoxy) is 3. The topological polar surface area (TPSA) is 137 Å². The number of benzene rings is 2. The van der Waals surface area contributed by atoms with E-state index in [2.05, 4.69) is 10.2 Å². The zero-order valence-electron chi connectivity index (χ0n) is 24.0. The van der Waals surface area contributed by atoms with Crippen LogP contribution in [-0.4, -0.2) is 50.1 Å². The van der Waals surface area contributed by atoms with Crippen molar-refractivity contribution in [1.29, 1.82) is 0 Å². The van der Waals surface area contributed by atoms with Crippen LogP contribution in [0.3, 0.4) is 0 Å². The van der Waals surface area contributed by atoms with E-state index in [0.717, 1.165) is 21.5 Å². The molecule has 0 fully saturated rings. The summed E-state index contributed by atoms with van der Waals surface area (Å²) in [5.74, 6) is -1.11. The molecule has 12 nitrogen and oxygen atoms in total. The number of methoxy groups -OCH3 is 1. The summed E-state index contributed by atoms with van der Waals surface area (Å²) in [5.41, 5.74) is -0.0799. The second kappa shape index (κ2) is 13.1. The second-order valence-corrected chi connectivity index (χ2v) is 10.7. The Kier molecular flexibility index (Phi) is 9.11. The molecular formula is C30H28FN5O7S. The number of aromatic nitrogens is 5. The Morgan fingerprint density at radius 3 is 2.52 bits per heavy atom. The van der Waals surface area contributed by atoms with Gasteiger partial charge < -0.3 is 19.0 Å². The molecule has 0 aliphatic carbocycles. The smallest absolute Gasteiger partial charge is 0.333 e. The molecule has 5 aromatic rings. The quantitative estimate of drug-likeness (QED) is 0.151. The van der Waals surface area contributed by atoms with Gasteiger partial charge in [0.05, 0.1) is 31.4 Å². The van der Waals surface area contributed by atoms with Gasteiger partial charge in [-0.25, -0.2) is 18.5 Å². The zero-order chi connectivity index (χ0) is 31.4. The molecule has 3 heterocycles.